The third-order valence-electron chi connectivity index (χ3n) is 2.43. The molecule has 1 fully saturated rings. The van der Waals surface area contributed by atoms with E-state index in [-0.39, 0.29) is 11.9 Å². The Balaban J connectivity index is 1.91. The molecule has 0 saturated carbocycles. The number of Topliss-reactive ketones (excluding diaryl/α,β-unsaturated/α-hetero) is 1. The Bertz CT molecular complexity index is 342. The molecule has 1 aromatic rings. The molecule has 2 heterocycles. The van der Waals surface area contributed by atoms with Crippen molar-refractivity contribution in [3.63, 3.8) is 0 Å². The molecular weight excluding hydrogens is 210 g/mol. The van der Waals surface area contributed by atoms with Crippen molar-refractivity contribution in [2.24, 2.45) is 0 Å². The van der Waals surface area contributed by atoms with Gasteiger partial charge in [0, 0.05) is 24.4 Å². The SMILES string of the molecule is Cc1ccc(C(=O)CC2CNCCO2)s1. The molecule has 0 amide bonds. The van der Waals surface area contributed by atoms with E-state index < -0.39 is 0 Å². The molecule has 2 rings (SSSR count). The maximum Gasteiger partial charge on any atom is 0.175 e. The summed E-state index contributed by atoms with van der Waals surface area (Å²) in [6.07, 6.45) is 0.543. The van der Waals surface area contributed by atoms with E-state index >= 15 is 0 Å². The van der Waals surface area contributed by atoms with Gasteiger partial charge in [-0.3, -0.25) is 4.79 Å². The van der Waals surface area contributed by atoms with Crippen LogP contribution in [0, 0.1) is 6.92 Å². The highest BCUT2D eigenvalue weighted by Crippen LogP contribution is 2.18. The number of rotatable bonds is 3. The van der Waals surface area contributed by atoms with Gasteiger partial charge < -0.3 is 10.1 Å². The minimum atomic E-state index is 0.0497. The number of thiophene rings is 1. The molecule has 15 heavy (non-hydrogen) atoms. The molecule has 0 radical (unpaired) electrons. The number of ether oxygens (including phenoxy) is 1. The number of carbonyl (C=O) groups is 1. The second-order valence-electron chi connectivity index (χ2n) is 3.73. The van der Waals surface area contributed by atoms with Gasteiger partial charge in [0.15, 0.2) is 5.78 Å². The normalized spacial score (nSPS) is 21.5. The van der Waals surface area contributed by atoms with Crippen molar-refractivity contribution in [1.82, 2.24) is 5.32 Å². The molecule has 0 aliphatic carbocycles. The Morgan fingerprint density at radius 2 is 2.53 bits per heavy atom. The summed E-state index contributed by atoms with van der Waals surface area (Å²) in [5.74, 6) is 0.196. The Kier molecular flexibility index (Phi) is 3.51. The highest BCUT2D eigenvalue weighted by Gasteiger charge is 2.18. The largest absolute Gasteiger partial charge is 0.375 e. The molecule has 1 N–H and O–H groups in total. The van der Waals surface area contributed by atoms with E-state index in [1.54, 1.807) is 11.3 Å². The fourth-order valence-corrected chi connectivity index (χ4v) is 2.46. The van der Waals surface area contributed by atoms with Crippen molar-refractivity contribution in [1.29, 1.82) is 0 Å². The van der Waals surface area contributed by atoms with E-state index in [4.69, 9.17) is 4.74 Å². The zero-order chi connectivity index (χ0) is 10.7. The van der Waals surface area contributed by atoms with Gasteiger partial charge in [0.2, 0.25) is 0 Å². The van der Waals surface area contributed by atoms with Crippen LogP contribution in [0.2, 0.25) is 0 Å². The van der Waals surface area contributed by atoms with Crippen molar-refractivity contribution >= 4 is 17.1 Å². The topological polar surface area (TPSA) is 38.3 Å². The minimum absolute atomic E-state index is 0.0497. The van der Waals surface area contributed by atoms with E-state index in [0.29, 0.717) is 13.0 Å². The fourth-order valence-electron chi connectivity index (χ4n) is 1.64. The van der Waals surface area contributed by atoms with Gasteiger partial charge in [-0.25, -0.2) is 0 Å². The summed E-state index contributed by atoms with van der Waals surface area (Å²) in [4.78, 5) is 13.9. The van der Waals surface area contributed by atoms with E-state index in [1.807, 2.05) is 19.1 Å². The fraction of sp³-hybridized carbons (Fsp3) is 0.545. The van der Waals surface area contributed by atoms with Crippen molar-refractivity contribution < 1.29 is 9.53 Å². The van der Waals surface area contributed by atoms with Gasteiger partial charge in [0.25, 0.3) is 0 Å². The predicted molar refractivity (Wildman–Crippen MR) is 60.6 cm³/mol. The summed E-state index contributed by atoms with van der Waals surface area (Å²) in [5.41, 5.74) is 0. The lowest BCUT2D eigenvalue weighted by Gasteiger charge is -2.22. The third-order valence-corrected chi connectivity index (χ3v) is 3.47. The lowest BCUT2D eigenvalue weighted by molar-refractivity contribution is 0.0241. The molecule has 1 unspecified atom stereocenters. The van der Waals surface area contributed by atoms with Gasteiger partial charge in [-0.05, 0) is 19.1 Å². The highest BCUT2D eigenvalue weighted by atomic mass is 32.1. The van der Waals surface area contributed by atoms with Crippen LogP contribution >= 0.6 is 11.3 Å². The van der Waals surface area contributed by atoms with E-state index in [1.165, 1.54) is 4.88 Å². The van der Waals surface area contributed by atoms with Crippen LogP contribution in [0.15, 0.2) is 12.1 Å². The number of carbonyl (C=O) groups excluding carboxylic acids is 1. The first kappa shape index (κ1) is 10.8. The Morgan fingerprint density at radius 3 is 3.13 bits per heavy atom. The molecule has 82 valence electrons. The number of nitrogens with one attached hydrogen (secondary N) is 1. The van der Waals surface area contributed by atoms with Crippen LogP contribution in [-0.2, 0) is 4.74 Å². The molecule has 3 nitrogen and oxygen atoms in total. The van der Waals surface area contributed by atoms with Crippen molar-refractivity contribution in [2.75, 3.05) is 19.7 Å². The van der Waals surface area contributed by atoms with Gasteiger partial charge in [-0.1, -0.05) is 0 Å². The molecule has 1 aromatic heterocycles. The maximum atomic E-state index is 11.8. The van der Waals surface area contributed by atoms with E-state index in [0.717, 1.165) is 18.0 Å². The Labute approximate surface area is 93.4 Å². The highest BCUT2D eigenvalue weighted by molar-refractivity contribution is 7.14. The second-order valence-corrected chi connectivity index (χ2v) is 5.02. The van der Waals surface area contributed by atoms with Crippen molar-refractivity contribution in [3.8, 4) is 0 Å². The quantitative estimate of drug-likeness (QED) is 0.794. The lowest BCUT2D eigenvalue weighted by atomic mass is 10.1. The first-order valence-electron chi connectivity index (χ1n) is 5.17. The Hall–Kier alpha value is -0.710. The minimum Gasteiger partial charge on any atom is -0.375 e. The molecule has 4 heteroatoms. The number of aryl methyl sites for hydroxylation is 1. The summed E-state index contributed by atoms with van der Waals surface area (Å²) in [6, 6.07) is 3.89. The molecule has 0 bridgehead atoms. The van der Waals surface area contributed by atoms with Crippen LogP contribution in [0.5, 0.6) is 0 Å². The number of hydrogen-bond donors (Lipinski definition) is 1. The van der Waals surface area contributed by atoms with Crippen LogP contribution in [-0.4, -0.2) is 31.6 Å². The molecule has 1 aliphatic rings. The molecule has 1 aliphatic heterocycles. The first-order valence-corrected chi connectivity index (χ1v) is 5.99. The number of hydrogen-bond acceptors (Lipinski definition) is 4. The predicted octanol–water partition coefficient (Wildman–Crippen LogP) is 1.62. The van der Waals surface area contributed by atoms with Crippen LogP contribution in [0.1, 0.15) is 21.0 Å². The summed E-state index contributed by atoms with van der Waals surface area (Å²) >= 11 is 1.56. The number of ketones is 1. The summed E-state index contributed by atoms with van der Waals surface area (Å²) in [5, 5.41) is 3.22. The maximum absolute atomic E-state index is 11.8. The van der Waals surface area contributed by atoms with Gasteiger partial charge >= 0.3 is 0 Å². The van der Waals surface area contributed by atoms with Gasteiger partial charge in [0.05, 0.1) is 17.6 Å². The van der Waals surface area contributed by atoms with Crippen LogP contribution < -0.4 is 5.32 Å². The van der Waals surface area contributed by atoms with E-state index in [9.17, 15) is 4.79 Å². The molecule has 0 aromatic carbocycles. The average Bonchev–Trinajstić information content (AvgIpc) is 2.66. The zero-order valence-electron chi connectivity index (χ0n) is 8.79. The summed E-state index contributed by atoms with van der Waals surface area (Å²) in [6.45, 7) is 4.40. The molecule has 1 saturated heterocycles. The van der Waals surface area contributed by atoms with Crippen molar-refractivity contribution in [3.05, 3.63) is 21.9 Å². The van der Waals surface area contributed by atoms with Gasteiger partial charge in [-0.2, -0.15) is 0 Å². The molecular formula is C11H15NO2S. The third kappa shape index (κ3) is 2.87. The average molecular weight is 225 g/mol. The second kappa shape index (κ2) is 4.88. The standard InChI is InChI=1S/C11H15NO2S/c1-8-2-3-11(15-8)10(13)6-9-7-12-4-5-14-9/h2-3,9,12H,4-7H2,1H3. The smallest absolute Gasteiger partial charge is 0.175 e. The van der Waals surface area contributed by atoms with Gasteiger partial charge in [0.1, 0.15) is 0 Å². The zero-order valence-corrected chi connectivity index (χ0v) is 9.60. The molecule has 1 atom stereocenters. The van der Waals surface area contributed by atoms with Crippen LogP contribution in [0.4, 0.5) is 0 Å². The first-order chi connectivity index (χ1) is 7.25. The monoisotopic (exact) mass is 225 g/mol. The molecule has 0 spiro atoms. The van der Waals surface area contributed by atoms with Crippen LogP contribution in [0.3, 0.4) is 0 Å². The van der Waals surface area contributed by atoms with Gasteiger partial charge in [-0.15, -0.1) is 11.3 Å². The van der Waals surface area contributed by atoms with E-state index in [2.05, 4.69) is 5.32 Å². The van der Waals surface area contributed by atoms with Crippen LogP contribution in [0.25, 0.3) is 0 Å². The number of morpholine rings is 1. The lowest BCUT2D eigenvalue weighted by Crippen LogP contribution is -2.39. The Morgan fingerprint density at radius 1 is 1.67 bits per heavy atom. The summed E-state index contributed by atoms with van der Waals surface area (Å²) < 4.78 is 5.50. The summed E-state index contributed by atoms with van der Waals surface area (Å²) in [7, 11) is 0. The van der Waals surface area contributed by atoms with Crippen molar-refractivity contribution in [2.45, 2.75) is 19.4 Å².